The van der Waals surface area contributed by atoms with Crippen molar-refractivity contribution in [3.63, 3.8) is 0 Å². The van der Waals surface area contributed by atoms with Crippen LogP contribution in [0.5, 0.6) is 0 Å². The Kier molecular flexibility index (Phi) is 5.62. The van der Waals surface area contributed by atoms with Gasteiger partial charge < -0.3 is 5.73 Å². The molecule has 2 N–H and O–H groups in total. The summed E-state index contributed by atoms with van der Waals surface area (Å²) in [6.07, 6.45) is 1.60. The molecule has 0 aliphatic carbocycles. The molecule has 0 atom stereocenters. The van der Waals surface area contributed by atoms with Crippen LogP contribution in [0.15, 0.2) is 27.6 Å². The van der Waals surface area contributed by atoms with E-state index in [9.17, 15) is 8.42 Å². The first-order valence-electron chi connectivity index (χ1n) is 5.98. The summed E-state index contributed by atoms with van der Waals surface area (Å²) in [4.78, 5) is 0.283. The Balaban J connectivity index is 3.13. The van der Waals surface area contributed by atoms with Crippen molar-refractivity contribution in [1.82, 2.24) is 4.31 Å². The molecule has 0 aromatic heterocycles. The van der Waals surface area contributed by atoms with Crippen molar-refractivity contribution in [3.05, 3.63) is 22.7 Å². The molecule has 0 radical (unpaired) electrons. The van der Waals surface area contributed by atoms with Crippen LogP contribution in [0.3, 0.4) is 0 Å². The summed E-state index contributed by atoms with van der Waals surface area (Å²) in [5.74, 6) is 0. The van der Waals surface area contributed by atoms with Crippen molar-refractivity contribution in [2.24, 2.45) is 0 Å². The van der Waals surface area contributed by atoms with Crippen molar-refractivity contribution >= 4 is 31.6 Å². The van der Waals surface area contributed by atoms with Crippen LogP contribution in [0.25, 0.3) is 0 Å². The molecule has 18 heavy (non-hydrogen) atoms. The van der Waals surface area contributed by atoms with Gasteiger partial charge in [0, 0.05) is 23.2 Å². The molecule has 0 spiro atoms. The van der Waals surface area contributed by atoms with Crippen LogP contribution < -0.4 is 5.73 Å². The first-order chi connectivity index (χ1) is 8.43. The zero-order valence-electron chi connectivity index (χ0n) is 10.7. The highest BCUT2D eigenvalue weighted by molar-refractivity contribution is 9.10. The number of hydrogen-bond donors (Lipinski definition) is 1. The number of nitrogens with two attached hydrogens (primary N) is 1. The van der Waals surface area contributed by atoms with E-state index in [0.717, 1.165) is 12.8 Å². The van der Waals surface area contributed by atoms with Crippen LogP contribution >= 0.6 is 15.9 Å². The molecular formula is C12H19BrN2O2S. The van der Waals surface area contributed by atoms with E-state index in [2.05, 4.69) is 15.9 Å². The van der Waals surface area contributed by atoms with Crippen molar-refractivity contribution < 1.29 is 8.42 Å². The van der Waals surface area contributed by atoms with Gasteiger partial charge in [0.05, 0.1) is 4.90 Å². The van der Waals surface area contributed by atoms with E-state index in [1.54, 1.807) is 18.2 Å². The number of sulfonamides is 1. The van der Waals surface area contributed by atoms with Crippen molar-refractivity contribution in [1.29, 1.82) is 0 Å². The summed E-state index contributed by atoms with van der Waals surface area (Å²) < 4.78 is 27.0. The van der Waals surface area contributed by atoms with Crippen LogP contribution in [0.4, 0.5) is 5.69 Å². The molecule has 1 aromatic rings. The predicted molar refractivity (Wildman–Crippen MR) is 77.9 cm³/mol. The number of hydrogen-bond acceptors (Lipinski definition) is 3. The molecule has 4 nitrogen and oxygen atoms in total. The zero-order chi connectivity index (χ0) is 13.8. The fraction of sp³-hybridized carbons (Fsp3) is 0.500. The molecular weight excluding hydrogens is 316 g/mol. The third-order valence-corrected chi connectivity index (χ3v) is 5.14. The lowest BCUT2D eigenvalue weighted by atomic mass is 10.3. The van der Waals surface area contributed by atoms with E-state index in [1.165, 1.54) is 4.31 Å². The lowest BCUT2D eigenvalue weighted by molar-refractivity contribution is 0.410. The molecule has 0 aliphatic rings. The Morgan fingerprint density at radius 2 is 1.78 bits per heavy atom. The highest BCUT2D eigenvalue weighted by Gasteiger charge is 2.23. The summed E-state index contributed by atoms with van der Waals surface area (Å²) >= 11 is 3.26. The smallest absolute Gasteiger partial charge is 0.243 e. The van der Waals surface area contributed by atoms with E-state index < -0.39 is 10.0 Å². The molecule has 6 heteroatoms. The van der Waals surface area contributed by atoms with Crippen LogP contribution in [0.1, 0.15) is 26.7 Å². The van der Waals surface area contributed by atoms with Crippen LogP contribution in [0.2, 0.25) is 0 Å². The maximum Gasteiger partial charge on any atom is 0.243 e. The molecule has 0 bridgehead atoms. The minimum absolute atomic E-state index is 0.283. The Labute approximate surface area is 117 Å². The number of anilines is 1. The maximum absolute atomic E-state index is 12.4. The largest absolute Gasteiger partial charge is 0.398 e. The SMILES string of the molecule is CCCN(CCC)S(=O)(=O)c1ccc(N)c(Br)c1. The Morgan fingerprint density at radius 1 is 1.22 bits per heavy atom. The van der Waals surface area contributed by atoms with Gasteiger partial charge in [-0.1, -0.05) is 13.8 Å². The van der Waals surface area contributed by atoms with Crippen molar-refractivity contribution in [2.45, 2.75) is 31.6 Å². The van der Waals surface area contributed by atoms with Gasteiger partial charge in [0.2, 0.25) is 10.0 Å². The van der Waals surface area contributed by atoms with Gasteiger partial charge >= 0.3 is 0 Å². The molecule has 0 amide bonds. The third-order valence-electron chi connectivity index (χ3n) is 2.56. The van der Waals surface area contributed by atoms with Gasteiger partial charge in [-0.3, -0.25) is 0 Å². The quantitative estimate of drug-likeness (QED) is 0.813. The van der Waals surface area contributed by atoms with Crippen molar-refractivity contribution in [2.75, 3.05) is 18.8 Å². The summed E-state index contributed by atoms with van der Waals surface area (Å²) in [6, 6.07) is 4.71. The predicted octanol–water partition coefficient (Wildman–Crippen LogP) is 2.84. The number of nitrogen functional groups attached to an aromatic ring is 1. The lowest BCUT2D eigenvalue weighted by Crippen LogP contribution is -2.32. The van der Waals surface area contributed by atoms with Crippen LogP contribution in [-0.4, -0.2) is 25.8 Å². The van der Waals surface area contributed by atoms with Gasteiger partial charge in [0.15, 0.2) is 0 Å². The average molecular weight is 335 g/mol. The van der Waals surface area contributed by atoms with E-state index >= 15 is 0 Å². The second-order valence-corrected chi connectivity index (χ2v) is 6.88. The molecule has 1 rings (SSSR count). The van der Waals surface area contributed by atoms with Gasteiger partial charge in [0.1, 0.15) is 0 Å². The zero-order valence-corrected chi connectivity index (χ0v) is 13.1. The van der Waals surface area contributed by atoms with Gasteiger partial charge in [-0.2, -0.15) is 4.31 Å². The molecule has 0 saturated carbocycles. The van der Waals surface area contributed by atoms with Gasteiger partial charge in [-0.05, 0) is 47.0 Å². The lowest BCUT2D eigenvalue weighted by Gasteiger charge is -2.21. The van der Waals surface area contributed by atoms with Gasteiger partial charge in [-0.25, -0.2) is 8.42 Å². The summed E-state index contributed by atoms with van der Waals surface area (Å²) in [5, 5.41) is 0. The second-order valence-electron chi connectivity index (χ2n) is 4.09. The van der Waals surface area contributed by atoms with E-state index in [1.807, 2.05) is 13.8 Å². The first-order valence-corrected chi connectivity index (χ1v) is 8.22. The van der Waals surface area contributed by atoms with E-state index in [-0.39, 0.29) is 4.90 Å². The van der Waals surface area contributed by atoms with E-state index in [0.29, 0.717) is 23.2 Å². The molecule has 0 aliphatic heterocycles. The number of halogens is 1. The summed E-state index contributed by atoms with van der Waals surface area (Å²) in [5.41, 5.74) is 6.20. The highest BCUT2D eigenvalue weighted by atomic mass is 79.9. The van der Waals surface area contributed by atoms with Gasteiger partial charge in [-0.15, -0.1) is 0 Å². The Morgan fingerprint density at radius 3 is 2.22 bits per heavy atom. The first kappa shape index (κ1) is 15.5. The van der Waals surface area contributed by atoms with Gasteiger partial charge in [0.25, 0.3) is 0 Å². The highest BCUT2D eigenvalue weighted by Crippen LogP contribution is 2.25. The Hall–Kier alpha value is -0.590. The number of nitrogens with zero attached hydrogens (tertiary/aromatic N) is 1. The Bertz CT molecular complexity index is 497. The molecule has 0 unspecified atom stereocenters. The molecule has 102 valence electrons. The topological polar surface area (TPSA) is 63.4 Å². The molecule has 0 fully saturated rings. The number of rotatable bonds is 6. The maximum atomic E-state index is 12.4. The second kappa shape index (κ2) is 6.54. The van der Waals surface area contributed by atoms with Crippen LogP contribution in [-0.2, 0) is 10.0 Å². The van der Waals surface area contributed by atoms with Crippen LogP contribution in [0, 0.1) is 0 Å². The standard InChI is InChI=1S/C12H19BrN2O2S/c1-3-7-15(8-4-2)18(16,17)10-5-6-12(14)11(13)9-10/h5-6,9H,3-4,7-8,14H2,1-2H3. The molecule has 0 saturated heterocycles. The number of benzene rings is 1. The molecule has 0 heterocycles. The minimum Gasteiger partial charge on any atom is -0.398 e. The fourth-order valence-electron chi connectivity index (χ4n) is 1.67. The molecule has 1 aromatic carbocycles. The van der Waals surface area contributed by atoms with E-state index in [4.69, 9.17) is 5.73 Å². The average Bonchev–Trinajstić information content (AvgIpc) is 2.32. The summed E-state index contributed by atoms with van der Waals surface area (Å²) in [7, 11) is -3.42. The normalized spacial score (nSPS) is 12.0. The summed E-state index contributed by atoms with van der Waals surface area (Å²) in [6.45, 7) is 5.02. The minimum atomic E-state index is -3.42. The monoisotopic (exact) mass is 334 g/mol. The van der Waals surface area contributed by atoms with Crippen molar-refractivity contribution in [3.8, 4) is 0 Å². The third kappa shape index (κ3) is 3.46. The fourth-order valence-corrected chi connectivity index (χ4v) is 3.85.